The van der Waals surface area contributed by atoms with Gasteiger partial charge in [-0.1, -0.05) is 48.0 Å². The van der Waals surface area contributed by atoms with Crippen molar-refractivity contribution in [2.75, 3.05) is 0 Å². The summed E-state index contributed by atoms with van der Waals surface area (Å²) in [5.74, 6) is 5.70. The van der Waals surface area contributed by atoms with E-state index in [0.717, 1.165) is 35.5 Å². The van der Waals surface area contributed by atoms with Gasteiger partial charge in [-0.15, -0.1) is 0 Å². The van der Waals surface area contributed by atoms with E-state index < -0.39 is 0 Å². The summed E-state index contributed by atoms with van der Waals surface area (Å²) in [6, 6.07) is 0. The normalized spacial score (nSPS) is 36.6. The first-order valence-electron chi connectivity index (χ1n) is 6.49. The van der Waals surface area contributed by atoms with Crippen molar-refractivity contribution in [1.82, 2.24) is 0 Å². The van der Waals surface area contributed by atoms with Crippen LogP contribution in [0.2, 0.25) is 0 Å². The quantitative estimate of drug-likeness (QED) is 0.616. The second-order valence-electron chi connectivity index (χ2n) is 5.91. The minimum Gasteiger partial charge on any atom is -0.0651 e. The Hall–Kier alpha value is 0. The highest BCUT2D eigenvalue weighted by Crippen LogP contribution is 2.48. The fraction of sp³-hybridized carbons (Fsp3) is 1.00. The molecule has 5 atom stereocenters. The fourth-order valence-corrected chi connectivity index (χ4v) is 3.31. The molecule has 0 radical (unpaired) electrons. The molecule has 0 N–H and O–H groups in total. The number of rotatable bonds is 4. The van der Waals surface area contributed by atoms with Crippen molar-refractivity contribution < 1.29 is 0 Å². The van der Waals surface area contributed by atoms with E-state index in [1.807, 2.05) is 0 Å². The van der Waals surface area contributed by atoms with Crippen LogP contribution in [0.15, 0.2) is 0 Å². The molecule has 0 bridgehead atoms. The first kappa shape index (κ1) is 12.1. The average Bonchev–Trinajstić information content (AvgIpc) is 2.12. The van der Waals surface area contributed by atoms with Crippen molar-refractivity contribution in [3.63, 3.8) is 0 Å². The summed E-state index contributed by atoms with van der Waals surface area (Å²) in [7, 11) is 0. The summed E-state index contributed by atoms with van der Waals surface area (Å²) in [5.41, 5.74) is 0. The SMILES string of the molecule is CCC1C(C)CC1C(C)C(C)C(C)C. The molecule has 0 heterocycles. The van der Waals surface area contributed by atoms with Crippen LogP contribution < -0.4 is 0 Å². The first-order valence-corrected chi connectivity index (χ1v) is 6.49. The summed E-state index contributed by atoms with van der Waals surface area (Å²) in [4.78, 5) is 0. The molecule has 0 spiro atoms. The van der Waals surface area contributed by atoms with Gasteiger partial charge in [-0.05, 0) is 41.9 Å². The van der Waals surface area contributed by atoms with Crippen LogP contribution in [-0.2, 0) is 0 Å². The van der Waals surface area contributed by atoms with E-state index >= 15 is 0 Å². The molecule has 1 aliphatic rings. The molecule has 14 heavy (non-hydrogen) atoms. The average molecular weight is 196 g/mol. The molecule has 0 aliphatic heterocycles. The van der Waals surface area contributed by atoms with Gasteiger partial charge in [0.15, 0.2) is 0 Å². The van der Waals surface area contributed by atoms with E-state index in [1.54, 1.807) is 0 Å². The third-order valence-electron chi connectivity index (χ3n) is 4.95. The molecule has 1 saturated carbocycles. The van der Waals surface area contributed by atoms with Gasteiger partial charge in [-0.3, -0.25) is 0 Å². The van der Waals surface area contributed by atoms with Crippen LogP contribution in [0, 0.1) is 35.5 Å². The zero-order valence-corrected chi connectivity index (χ0v) is 10.9. The molecule has 0 nitrogen and oxygen atoms in total. The molecule has 0 aromatic rings. The van der Waals surface area contributed by atoms with Crippen molar-refractivity contribution in [3.05, 3.63) is 0 Å². The highest BCUT2D eigenvalue weighted by atomic mass is 14.5. The summed E-state index contributed by atoms with van der Waals surface area (Å²) in [6.45, 7) is 14.4. The largest absolute Gasteiger partial charge is 0.0651 e. The monoisotopic (exact) mass is 196 g/mol. The second-order valence-corrected chi connectivity index (χ2v) is 5.91. The lowest BCUT2D eigenvalue weighted by Gasteiger charge is -2.48. The Kier molecular flexibility index (Phi) is 4.04. The third-order valence-corrected chi connectivity index (χ3v) is 4.95. The Morgan fingerprint density at radius 2 is 1.71 bits per heavy atom. The van der Waals surface area contributed by atoms with Gasteiger partial charge in [0.2, 0.25) is 0 Å². The molecule has 0 saturated heterocycles. The maximum absolute atomic E-state index is 2.48. The van der Waals surface area contributed by atoms with Gasteiger partial charge in [0.05, 0.1) is 0 Å². The topological polar surface area (TPSA) is 0 Å². The molecule has 1 aliphatic carbocycles. The minimum atomic E-state index is 0.846. The van der Waals surface area contributed by atoms with Crippen molar-refractivity contribution in [2.24, 2.45) is 35.5 Å². The number of hydrogen-bond donors (Lipinski definition) is 0. The van der Waals surface area contributed by atoms with Gasteiger partial charge in [-0.2, -0.15) is 0 Å². The van der Waals surface area contributed by atoms with Crippen molar-refractivity contribution in [3.8, 4) is 0 Å². The van der Waals surface area contributed by atoms with Crippen LogP contribution in [0.5, 0.6) is 0 Å². The highest BCUT2D eigenvalue weighted by Gasteiger charge is 2.41. The minimum absolute atomic E-state index is 0.846. The Bertz CT molecular complexity index is 164. The molecule has 1 rings (SSSR count). The van der Waals surface area contributed by atoms with Crippen LogP contribution >= 0.6 is 0 Å². The Morgan fingerprint density at radius 3 is 2.07 bits per heavy atom. The van der Waals surface area contributed by atoms with Crippen LogP contribution in [0.3, 0.4) is 0 Å². The Morgan fingerprint density at radius 1 is 1.14 bits per heavy atom. The smallest absolute Gasteiger partial charge is 0.0352 e. The predicted octanol–water partition coefficient (Wildman–Crippen LogP) is 4.60. The standard InChI is InChI=1S/C14H28/c1-7-13-10(4)8-14(13)12(6)11(5)9(2)3/h9-14H,7-8H2,1-6H3. The zero-order valence-electron chi connectivity index (χ0n) is 10.9. The van der Waals surface area contributed by atoms with E-state index in [1.165, 1.54) is 12.8 Å². The molecule has 5 unspecified atom stereocenters. The molecular formula is C14H28. The summed E-state index contributed by atoms with van der Waals surface area (Å²) in [6.07, 6.45) is 2.87. The molecule has 0 amide bonds. The van der Waals surface area contributed by atoms with Crippen molar-refractivity contribution >= 4 is 0 Å². The lowest BCUT2D eigenvalue weighted by molar-refractivity contribution is 0.00870. The zero-order chi connectivity index (χ0) is 10.9. The van der Waals surface area contributed by atoms with Gasteiger partial charge in [0.1, 0.15) is 0 Å². The van der Waals surface area contributed by atoms with Crippen molar-refractivity contribution in [2.45, 2.75) is 54.4 Å². The summed E-state index contributed by atoms with van der Waals surface area (Å²) < 4.78 is 0. The predicted molar refractivity (Wildman–Crippen MR) is 64.2 cm³/mol. The molecular weight excluding hydrogens is 168 g/mol. The molecule has 84 valence electrons. The van der Waals surface area contributed by atoms with E-state index in [4.69, 9.17) is 0 Å². The van der Waals surface area contributed by atoms with Crippen LogP contribution in [-0.4, -0.2) is 0 Å². The van der Waals surface area contributed by atoms with Gasteiger partial charge in [0, 0.05) is 0 Å². The third kappa shape index (κ3) is 2.15. The summed E-state index contributed by atoms with van der Waals surface area (Å²) >= 11 is 0. The molecule has 1 fully saturated rings. The molecule has 0 heteroatoms. The van der Waals surface area contributed by atoms with Crippen LogP contribution in [0.1, 0.15) is 54.4 Å². The Labute approximate surface area is 90.5 Å². The second kappa shape index (κ2) is 4.68. The molecule has 0 aromatic carbocycles. The molecule has 0 aromatic heterocycles. The summed E-state index contributed by atoms with van der Waals surface area (Å²) in [5, 5.41) is 0. The Balaban J connectivity index is 2.49. The van der Waals surface area contributed by atoms with Crippen LogP contribution in [0.4, 0.5) is 0 Å². The lowest BCUT2D eigenvalue weighted by Crippen LogP contribution is -2.41. The first-order chi connectivity index (χ1) is 6.49. The van der Waals surface area contributed by atoms with E-state index in [2.05, 4.69) is 41.5 Å². The lowest BCUT2D eigenvalue weighted by atomic mass is 9.57. The fourth-order valence-electron chi connectivity index (χ4n) is 3.31. The maximum Gasteiger partial charge on any atom is -0.0352 e. The van der Waals surface area contributed by atoms with Gasteiger partial charge in [0.25, 0.3) is 0 Å². The van der Waals surface area contributed by atoms with E-state index in [0.29, 0.717) is 0 Å². The van der Waals surface area contributed by atoms with Crippen molar-refractivity contribution in [1.29, 1.82) is 0 Å². The highest BCUT2D eigenvalue weighted by molar-refractivity contribution is 4.90. The maximum atomic E-state index is 2.48. The van der Waals surface area contributed by atoms with Gasteiger partial charge >= 0.3 is 0 Å². The van der Waals surface area contributed by atoms with E-state index in [9.17, 15) is 0 Å². The number of hydrogen-bond acceptors (Lipinski definition) is 0. The van der Waals surface area contributed by atoms with Gasteiger partial charge in [-0.25, -0.2) is 0 Å². The van der Waals surface area contributed by atoms with Gasteiger partial charge < -0.3 is 0 Å². The van der Waals surface area contributed by atoms with E-state index in [-0.39, 0.29) is 0 Å². The van der Waals surface area contributed by atoms with Crippen LogP contribution in [0.25, 0.3) is 0 Å².